The maximum atomic E-state index is 14.2. The van der Waals surface area contributed by atoms with Crippen molar-refractivity contribution in [1.82, 2.24) is 10.2 Å². The number of aryl methyl sites for hydroxylation is 1. The van der Waals surface area contributed by atoms with Crippen molar-refractivity contribution in [3.05, 3.63) is 34.1 Å². The number of rotatable bonds is 4. The Morgan fingerprint density at radius 3 is 2.57 bits per heavy atom. The van der Waals surface area contributed by atoms with Crippen molar-refractivity contribution in [2.24, 2.45) is 0 Å². The number of benzene rings is 1. The highest BCUT2D eigenvalue weighted by atomic mass is 35.5. The molecular formula is C14H18ClF3N2O. The lowest BCUT2D eigenvalue weighted by Crippen LogP contribution is -2.51. The van der Waals surface area contributed by atoms with Crippen LogP contribution >= 0.6 is 11.6 Å². The molecule has 0 saturated carbocycles. The Balaban J connectivity index is 2.52. The summed E-state index contributed by atoms with van der Waals surface area (Å²) in [5.74, 6) is -4.25. The third-order valence-electron chi connectivity index (χ3n) is 3.72. The summed E-state index contributed by atoms with van der Waals surface area (Å²) in [4.78, 5) is 1.47. The van der Waals surface area contributed by atoms with E-state index >= 15 is 0 Å². The summed E-state index contributed by atoms with van der Waals surface area (Å²) in [7, 11) is 0. The molecule has 1 aliphatic rings. The van der Waals surface area contributed by atoms with Crippen LogP contribution in [0.4, 0.5) is 13.2 Å². The normalized spacial score (nSPS) is 18.8. The van der Waals surface area contributed by atoms with Crippen molar-refractivity contribution in [3.8, 4) is 0 Å². The van der Waals surface area contributed by atoms with Crippen LogP contribution in [0.15, 0.2) is 12.1 Å². The molecule has 0 bridgehead atoms. The molecular weight excluding hydrogens is 305 g/mol. The summed E-state index contributed by atoms with van der Waals surface area (Å²) in [5.41, 5.74) is 0.291. The van der Waals surface area contributed by atoms with E-state index in [1.54, 1.807) is 6.92 Å². The van der Waals surface area contributed by atoms with E-state index in [0.29, 0.717) is 31.7 Å². The number of aliphatic hydroxyl groups is 1. The van der Waals surface area contributed by atoms with Crippen molar-refractivity contribution < 1.29 is 18.3 Å². The lowest BCUT2D eigenvalue weighted by atomic mass is 9.96. The third kappa shape index (κ3) is 3.34. The molecule has 0 spiro atoms. The van der Waals surface area contributed by atoms with Crippen molar-refractivity contribution >= 4 is 11.6 Å². The monoisotopic (exact) mass is 322 g/mol. The minimum absolute atomic E-state index is 0.00772. The van der Waals surface area contributed by atoms with Gasteiger partial charge in [-0.1, -0.05) is 17.7 Å². The van der Waals surface area contributed by atoms with Gasteiger partial charge in [0.25, 0.3) is 5.92 Å². The summed E-state index contributed by atoms with van der Waals surface area (Å²) >= 11 is 6.08. The van der Waals surface area contributed by atoms with Crippen LogP contribution in [-0.4, -0.2) is 48.7 Å². The Hall–Kier alpha value is -0.820. The third-order valence-corrected chi connectivity index (χ3v) is 4.22. The van der Waals surface area contributed by atoms with Gasteiger partial charge in [-0.2, -0.15) is 0 Å². The van der Waals surface area contributed by atoms with E-state index in [9.17, 15) is 13.2 Å². The number of alkyl halides is 2. The zero-order chi connectivity index (χ0) is 15.6. The molecule has 1 saturated heterocycles. The van der Waals surface area contributed by atoms with E-state index in [1.165, 1.54) is 11.0 Å². The van der Waals surface area contributed by atoms with Gasteiger partial charge in [0, 0.05) is 31.7 Å². The fourth-order valence-electron chi connectivity index (χ4n) is 2.62. The molecule has 2 N–H and O–H groups in total. The van der Waals surface area contributed by atoms with Crippen molar-refractivity contribution in [2.45, 2.75) is 18.9 Å². The zero-order valence-corrected chi connectivity index (χ0v) is 12.4. The Labute approximate surface area is 126 Å². The first-order valence-corrected chi connectivity index (χ1v) is 7.14. The molecule has 0 aliphatic carbocycles. The topological polar surface area (TPSA) is 35.5 Å². The van der Waals surface area contributed by atoms with E-state index in [0.717, 1.165) is 6.07 Å². The summed E-state index contributed by atoms with van der Waals surface area (Å²) in [6.07, 6.45) is 0. The first-order chi connectivity index (χ1) is 9.88. The fourth-order valence-corrected chi connectivity index (χ4v) is 2.87. The molecule has 0 unspecified atom stereocenters. The smallest absolute Gasteiger partial charge is 0.290 e. The van der Waals surface area contributed by atoms with E-state index in [-0.39, 0.29) is 10.6 Å². The van der Waals surface area contributed by atoms with Crippen LogP contribution in [0.25, 0.3) is 0 Å². The van der Waals surface area contributed by atoms with E-state index in [2.05, 4.69) is 5.32 Å². The highest BCUT2D eigenvalue weighted by Gasteiger charge is 2.46. The standard InChI is InChI=1S/C14H18ClF3N2O/c1-9-2-3-10(16)11(12(9)15)13(14(17,18)8-21)20-6-4-19-5-7-20/h2-3,13,19,21H,4-8H2,1H3/t13-/m0/s1. The van der Waals surface area contributed by atoms with E-state index < -0.39 is 24.4 Å². The second-order valence-electron chi connectivity index (χ2n) is 5.20. The number of nitrogens with zero attached hydrogens (tertiary/aromatic N) is 1. The van der Waals surface area contributed by atoms with E-state index in [1.807, 2.05) is 0 Å². The van der Waals surface area contributed by atoms with Gasteiger partial charge in [-0.25, -0.2) is 13.2 Å². The predicted molar refractivity (Wildman–Crippen MR) is 75.4 cm³/mol. The minimum Gasteiger partial charge on any atom is -0.390 e. The molecule has 1 aromatic rings. The lowest BCUT2D eigenvalue weighted by Gasteiger charge is -2.39. The van der Waals surface area contributed by atoms with Gasteiger partial charge in [-0.05, 0) is 18.6 Å². The van der Waals surface area contributed by atoms with Crippen LogP contribution in [0, 0.1) is 12.7 Å². The van der Waals surface area contributed by atoms with Gasteiger partial charge in [0.15, 0.2) is 0 Å². The molecule has 2 rings (SSSR count). The molecule has 7 heteroatoms. The van der Waals surface area contributed by atoms with Gasteiger partial charge >= 0.3 is 0 Å². The number of hydrogen-bond donors (Lipinski definition) is 2. The first kappa shape index (κ1) is 16.5. The molecule has 0 amide bonds. The van der Waals surface area contributed by atoms with Crippen LogP contribution in [0.3, 0.4) is 0 Å². The average molecular weight is 323 g/mol. The second kappa shape index (κ2) is 6.52. The highest BCUT2D eigenvalue weighted by molar-refractivity contribution is 6.32. The molecule has 1 aromatic carbocycles. The van der Waals surface area contributed by atoms with Gasteiger partial charge in [-0.15, -0.1) is 0 Å². The molecule has 1 aliphatic heterocycles. The highest BCUT2D eigenvalue weighted by Crippen LogP contribution is 2.41. The average Bonchev–Trinajstić information content (AvgIpc) is 2.48. The Morgan fingerprint density at radius 1 is 1.38 bits per heavy atom. The molecule has 1 heterocycles. The first-order valence-electron chi connectivity index (χ1n) is 6.76. The van der Waals surface area contributed by atoms with Crippen LogP contribution in [0.2, 0.25) is 5.02 Å². The zero-order valence-electron chi connectivity index (χ0n) is 11.7. The van der Waals surface area contributed by atoms with Crippen LogP contribution in [0.5, 0.6) is 0 Å². The number of nitrogens with one attached hydrogen (secondary N) is 1. The van der Waals surface area contributed by atoms with Gasteiger partial charge in [0.2, 0.25) is 0 Å². The molecule has 0 radical (unpaired) electrons. The SMILES string of the molecule is Cc1ccc(F)c([C@H](N2CCNCC2)C(F)(F)CO)c1Cl. The summed E-state index contributed by atoms with van der Waals surface area (Å²) < 4.78 is 42.6. The predicted octanol–water partition coefficient (Wildman–Crippen LogP) is 2.36. The van der Waals surface area contributed by atoms with Gasteiger partial charge in [-0.3, -0.25) is 4.90 Å². The molecule has 0 aromatic heterocycles. The second-order valence-corrected chi connectivity index (χ2v) is 5.58. The van der Waals surface area contributed by atoms with Crippen molar-refractivity contribution in [2.75, 3.05) is 32.8 Å². The fraction of sp³-hybridized carbons (Fsp3) is 0.571. The maximum Gasteiger partial charge on any atom is 0.290 e. The largest absolute Gasteiger partial charge is 0.390 e. The lowest BCUT2D eigenvalue weighted by molar-refractivity contribution is -0.119. The number of halogens is 4. The minimum atomic E-state index is -3.48. The Kier molecular flexibility index (Phi) is 5.14. The molecule has 21 heavy (non-hydrogen) atoms. The van der Waals surface area contributed by atoms with Crippen molar-refractivity contribution in [3.63, 3.8) is 0 Å². The number of aliphatic hydroxyl groups excluding tert-OH is 1. The number of hydrogen-bond acceptors (Lipinski definition) is 3. The van der Waals surface area contributed by atoms with Gasteiger partial charge in [0.05, 0.1) is 5.02 Å². The molecule has 1 atom stereocenters. The van der Waals surface area contributed by atoms with Crippen LogP contribution in [-0.2, 0) is 0 Å². The summed E-state index contributed by atoms with van der Waals surface area (Å²) in [5, 5.41) is 12.1. The molecule has 118 valence electrons. The van der Waals surface area contributed by atoms with Crippen LogP contribution in [0.1, 0.15) is 17.2 Å². The quantitative estimate of drug-likeness (QED) is 0.893. The number of piperazine rings is 1. The Morgan fingerprint density at radius 2 is 2.00 bits per heavy atom. The van der Waals surface area contributed by atoms with E-state index in [4.69, 9.17) is 16.7 Å². The Bertz CT molecular complexity index is 507. The van der Waals surface area contributed by atoms with Gasteiger partial charge in [0.1, 0.15) is 18.5 Å². The molecule has 3 nitrogen and oxygen atoms in total. The maximum absolute atomic E-state index is 14.2. The van der Waals surface area contributed by atoms with Crippen molar-refractivity contribution in [1.29, 1.82) is 0 Å². The molecule has 1 fully saturated rings. The summed E-state index contributed by atoms with van der Waals surface area (Å²) in [6.45, 7) is 2.02. The van der Waals surface area contributed by atoms with Crippen LogP contribution < -0.4 is 5.32 Å². The van der Waals surface area contributed by atoms with Gasteiger partial charge < -0.3 is 10.4 Å². The summed E-state index contributed by atoms with van der Waals surface area (Å²) in [6, 6.07) is 1.02.